The molecule has 0 amide bonds. The van der Waals surface area contributed by atoms with Crippen LogP contribution in [0.15, 0.2) is 29.7 Å². The van der Waals surface area contributed by atoms with Crippen molar-refractivity contribution in [2.45, 2.75) is 0 Å². The van der Waals surface area contributed by atoms with E-state index in [9.17, 15) is 0 Å². The van der Waals surface area contributed by atoms with Crippen LogP contribution in [0.1, 0.15) is 5.56 Å². The molecule has 0 saturated heterocycles. The van der Waals surface area contributed by atoms with Crippen LogP contribution in [0.5, 0.6) is 5.75 Å². The van der Waals surface area contributed by atoms with Crippen LogP contribution in [-0.2, 0) is 0 Å². The van der Waals surface area contributed by atoms with Crippen molar-refractivity contribution >= 4 is 18.7 Å². The summed E-state index contributed by atoms with van der Waals surface area (Å²) in [5, 5.41) is 10.7. The summed E-state index contributed by atoms with van der Waals surface area (Å²) >= 11 is 3.89. The molecule has 0 spiro atoms. The van der Waals surface area contributed by atoms with Gasteiger partial charge in [-0.05, 0) is 17.6 Å². The summed E-state index contributed by atoms with van der Waals surface area (Å²) in [6.45, 7) is 0. The normalized spacial score (nSPS) is 10.5. The SMILES string of the molecule is Oc1ccccc1/C=C\S. The lowest BCUT2D eigenvalue weighted by Crippen LogP contribution is -1.70. The van der Waals surface area contributed by atoms with Crippen molar-refractivity contribution in [3.8, 4) is 5.75 Å². The van der Waals surface area contributed by atoms with Crippen LogP contribution in [0.2, 0.25) is 0 Å². The molecule has 10 heavy (non-hydrogen) atoms. The lowest BCUT2D eigenvalue weighted by Gasteiger charge is -1.94. The Morgan fingerprint density at radius 3 is 2.60 bits per heavy atom. The van der Waals surface area contributed by atoms with E-state index >= 15 is 0 Å². The van der Waals surface area contributed by atoms with Crippen LogP contribution in [0.25, 0.3) is 6.08 Å². The van der Waals surface area contributed by atoms with E-state index < -0.39 is 0 Å². The number of thiol groups is 1. The second kappa shape index (κ2) is 3.32. The number of phenols is 1. The van der Waals surface area contributed by atoms with Gasteiger partial charge in [-0.25, -0.2) is 0 Å². The minimum atomic E-state index is 0.285. The number of hydrogen-bond acceptors (Lipinski definition) is 2. The summed E-state index contributed by atoms with van der Waals surface area (Å²) < 4.78 is 0. The zero-order valence-electron chi connectivity index (χ0n) is 5.36. The van der Waals surface area contributed by atoms with Crippen molar-refractivity contribution < 1.29 is 5.11 Å². The molecule has 0 atom stereocenters. The monoisotopic (exact) mass is 152 g/mol. The van der Waals surface area contributed by atoms with Gasteiger partial charge in [-0.2, -0.15) is 12.6 Å². The molecule has 0 heterocycles. The third kappa shape index (κ3) is 1.54. The van der Waals surface area contributed by atoms with Gasteiger partial charge in [-0.1, -0.05) is 18.2 Å². The Balaban J connectivity index is 3.03. The van der Waals surface area contributed by atoms with E-state index in [0.717, 1.165) is 5.56 Å². The summed E-state index contributed by atoms with van der Waals surface area (Å²) in [5.74, 6) is 0.285. The summed E-state index contributed by atoms with van der Waals surface area (Å²) in [6.07, 6.45) is 1.73. The molecular formula is C8H8OS. The average Bonchev–Trinajstić information content (AvgIpc) is 1.94. The van der Waals surface area contributed by atoms with Crippen molar-refractivity contribution in [3.63, 3.8) is 0 Å². The molecule has 0 radical (unpaired) electrons. The van der Waals surface area contributed by atoms with Gasteiger partial charge in [0.2, 0.25) is 0 Å². The maximum Gasteiger partial charge on any atom is 0.122 e. The Hall–Kier alpha value is -0.890. The number of phenolic OH excluding ortho intramolecular Hbond substituents is 1. The van der Waals surface area contributed by atoms with Gasteiger partial charge < -0.3 is 5.11 Å². The number of benzene rings is 1. The van der Waals surface area contributed by atoms with Crippen LogP contribution >= 0.6 is 12.6 Å². The van der Waals surface area contributed by atoms with E-state index in [1.807, 2.05) is 12.1 Å². The molecule has 0 aliphatic heterocycles. The number of aromatic hydroxyl groups is 1. The Kier molecular flexibility index (Phi) is 2.40. The lowest BCUT2D eigenvalue weighted by molar-refractivity contribution is 0.474. The number of para-hydroxylation sites is 1. The molecule has 0 unspecified atom stereocenters. The zero-order valence-corrected chi connectivity index (χ0v) is 6.25. The van der Waals surface area contributed by atoms with Crippen LogP contribution in [0, 0.1) is 0 Å². The molecule has 1 rings (SSSR count). The fraction of sp³-hybridized carbons (Fsp3) is 0. The van der Waals surface area contributed by atoms with Crippen molar-refractivity contribution in [2.75, 3.05) is 0 Å². The molecule has 2 heteroatoms. The highest BCUT2D eigenvalue weighted by atomic mass is 32.1. The summed E-state index contributed by atoms with van der Waals surface area (Å²) in [6, 6.07) is 7.11. The van der Waals surface area contributed by atoms with Crippen LogP contribution in [0.3, 0.4) is 0 Å². The van der Waals surface area contributed by atoms with E-state index in [0.29, 0.717) is 0 Å². The first-order chi connectivity index (χ1) is 4.84. The summed E-state index contributed by atoms with van der Waals surface area (Å²) in [7, 11) is 0. The minimum absolute atomic E-state index is 0.285. The number of rotatable bonds is 1. The molecule has 0 saturated carbocycles. The molecule has 1 nitrogen and oxygen atoms in total. The van der Waals surface area contributed by atoms with E-state index in [1.54, 1.807) is 23.6 Å². The van der Waals surface area contributed by atoms with E-state index in [1.165, 1.54) is 0 Å². The fourth-order valence-corrected chi connectivity index (χ4v) is 0.869. The predicted molar refractivity (Wildman–Crippen MR) is 46.1 cm³/mol. The summed E-state index contributed by atoms with van der Waals surface area (Å²) in [5.41, 5.74) is 0.789. The van der Waals surface area contributed by atoms with Gasteiger partial charge >= 0.3 is 0 Å². The molecule has 0 bridgehead atoms. The van der Waals surface area contributed by atoms with Gasteiger partial charge in [0.15, 0.2) is 0 Å². The van der Waals surface area contributed by atoms with Crippen molar-refractivity contribution in [1.29, 1.82) is 0 Å². The Morgan fingerprint density at radius 1 is 1.30 bits per heavy atom. The first-order valence-corrected chi connectivity index (χ1v) is 3.45. The molecule has 0 aliphatic carbocycles. The highest BCUT2D eigenvalue weighted by Gasteiger charge is 1.91. The Labute approximate surface area is 65.4 Å². The highest BCUT2D eigenvalue weighted by molar-refractivity contribution is 7.83. The molecule has 0 fully saturated rings. The van der Waals surface area contributed by atoms with Crippen LogP contribution in [-0.4, -0.2) is 5.11 Å². The fourth-order valence-electron chi connectivity index (χ4n) is 0.709. The van der Waals surface area contributed by atoms with E-state index in [-0.39, 0.29) is 5.75 Å². The van der Waals surface area contributed by atoms with Gasteiger partial charge in [-0.15, -0.1) is 0 Å². The number of hydrogen-bond donors (Lipinski definition) is 2. The van der Waals surface area contributed by atoms with Gasteiger partial charge in [0.05, 0.1) is 0 Å². The topological polar surface area (TPSA) is 20.2 Å². The van der Waals surface area contributed by atoms with Crippen molar-refractivity contribution in [2.24, 2.45) is 0 Å². The van der Waals surface area contributed by atoms with Crippen LogP contribution < -0.4 is 0 Å². The molecular weight excluding hydrogens is 144 g/mol. The second-order valence-corrected chi connectivity index (χ2v) is 2.17. The average molecular weight is 152 g/mol. The van der Waals surface area contributed by atoms with Gasteiger partial charge in [-0.3, -0.25) is 0 Å². The van der Waals surface area contributed by atoms with Gasteiger partial charge in [0, 0.05) is 5.56 Å². The zero-order chi connectivity index (χ0) is 7.40. The third-order valence-electron chi connectivity index (χ3n) is 1.19. The Morgan fingerprint density at radius 2 is 2.00 bits per heavy atom. The second-order valence-electron chi connectivity index (χ2n) is 1.87. The maximum absolute atomic E-state index is 9.16. The molecule has 52 valence electrons. The van der Waals surface area contributed by atoms with Crippen molar-refractivity contribution in [3.05, 3.63) is 35.2 Å². The highest BCUT2D eigenvalue weighted by Crippen LogP contribution is 2.16. The maximum atomic E-state index is 9.16. The van der Waals surface area contributed by atoms with E-state index in [4.69, 9.17) is 5.11 Å². The Bertz CT molecular complexity index is 243. The first kappa shape index (κ1) is 7.22. The molecule has 0 aliphatic rings. The smallest absolute Gasteiger partial charge is 0.122 e. The van der Waals surface area contributed by atoms with Gasteiger partial charge in [0.25, 0.3) is 0 Å². The summed E-state index contributed by atoms with van der Waals surface area (Å²) in [4.78, 5) is 0. The third-order valence-corrected chi connectivity index (χ3v) is 1.34. The minimum Gasteiger partial charge on any atom is -0.507 e. The van der Waals surface area contributed by atoms with E-state index in [2.05, 4.69) is 12.6 Å². The van der Waals surface area contributed by atoms with Crippen molar-refractivity contribution in [1.82, 2.24) is 0 Å². The standard InChI is InChI=1S/C8H8OS/c9-8-4-2-1-3-7(8)5-6-10/h1-6,9-10H/b6-5-. The molecule has 0 aromatic heterocycles. The molecule has 1 aromatic rings. The largest absolute Gasteiger partial charge is 0.507 e. The molecule has 1 N–H and O–H groups in total. The predicted octanol–water partition coefficient (Wildman–Crippen LogP) is 2.29. The van der Waals surface area contributed by atoms with Gasteiger partial charge in [0.1, 0.15) is 5.75 Å². The lowest BCUT2D eigenvalue weighted by atomic mass is 10.2. The first-order valence-electron chi connectivity index (χ1n) is 2.93. The quantitative estimate of drug-likeness (QED) is 0.591. The van der Waals surface area contributed by atoms with Crippen LogP contribution in [0.4, 0.5) is 0 Å². The molecule has 1 aromatic carbocycles.